The second-order valence-electron chi connectivity index (χ2n) is 2.56. The molecule has 1 heterocycles. The molecule has 0 aliphatic carbocycles. The Labute approximate surface area is 69.7 Å². The molecular weight excluding hydrogens is 162 g/mol. The lowest BCUT2D eigenvalue weighted by molar-refractivity contribution is -0.114. The molecule has 12 heavy (non-hydrogen) atoms. The normalized spacial score (nSPS) is 34.7. The fourth-order valence-corrected chi connectivity index (χ4v) is 1.12. The third-order valence-corrected chi connectivity index (χ3v) is 1.78. The number of hydrogen-bond acceptors (Lipinski definition) is 4. The van der Waals surface area contributed by atoms with Crippen LogP contribution < -0.4 is 0 Å². The maximum atomic E-state index is 9.33. The maximum Gasteiger partial charge on any atom is 0.160 e. The van der Waals surface area contributed by atoms with E-state index in [9.17, 15) is 5.11 Å². The van der Waals surface area contributed by atoms with Gasteiger partial charge in [-0.1, -0.05) is 5.11 Å². The second-order valence-corrected chi connectivity index (χ2v) is 2.56. The molecule has 0 aromatic rings. The molecule has 0 aromatic heterocycles. The summed E-state index contributed by atoms with van der Waals surface area (Å²) in [4.78, 5) is 2.58. The number of nitrogens with zero attached hydrogens (tertiary/aromatic N) is 3. The van der Waals surface area contributed by atoms with E-state index in [0.717, 1.165) is 0 Å². The van der Waals surface area contributed by atoms with Gasteiger partial charge in [0.15, 0.2) is 6.29 Å². The van der Waals surface area contributed by atoms with Gasteiger partial charge in [0, 0.05) is 18.4 Å². The highest BCUT2D eigenvalue weighted by molar-refractivity contribution is 4.79. The second kappa shape index (κ2) is 4.27. The summed E-state index contributed by atoms with van der Waals surface area (Å²) in [5.41, 5.74) is 8.03. The molecule has 3 atom stereocenters. The van der Waals surface area contributed by atoms with Crippen molar-refractivity contribution in [2.24, 2.45) is 5.11 Å². The molecule has 1 fully saturated rings. The predicted molar refractivity (Wildman–Crippen MR) is 40.3 cm³/mol. The van der Waals surface area contributed by atoms with Crippen molar-refractivity contribution in [2.45, 2.75) is 24.9 Å². The number of azide groups is 1. The first-order chi connectivity index (χ1) is 5.77. The van der Waals surface area contributed by atoms with E-state index in [4.69, 9.17) is 15.0 Å². The topological polar surface area (TPSA) is 87.5 Å². The van der Waals surface area contributed by atoms with Crippen LogP contribution >= 0.6 is 0 Å². The lowest BCUT2D eigenvalue weighted by atomic mass is 10.2. The zero-order chi connectivity index (χ0) is 8.97. The minimum absolute atomic E-state index is 0.150. The first-order valence-electron chi connectivity index (χ1n) is 3.65. The quantitative estimate of drug-likeness (QED) is 0.381. The summed E-state index contributed by atoms with van der Waals surface area (Å²) in [6, 6.07) is 0. The Morgan fingerprint density at radius 2 is 2.58 bits per heavy atom. The molecule has 0 saturated carbocycles. The van der Waals surface area contributed by atoms with Crippen LogP contribution in [0, 0.1) is 0 Å². The largest absolute Gasteiger partial charge is 0.390 e. The van der Waals surface area contributed by atoms with Gasteiger partial charge in [-0.15, -0.1) is 0 Å². The van der Waals surface area contributed by atoms with Crippen molar-refractivity contribution in [3.63, 3.8) is 0 Å². The van der Waals surface area contributed by atoms with Crippen molar-refractivity contribution < 1.29 is 14.6 Å². The Balaban J connectivity index is 2.40. The average molecular weight is 173 g/mol. The van der Waals surface area contributed by atoms with Gasteiger partial charge in [0.2, 0.25) is 0 Å². The molecule has 0 bridgehead atoms. The van der Waals surface area contributed by atoms with Crippen molar-refractivity contribution in [3.8, 4) is 0 Å². The smallest absolute Gasteiger partial charge is 0.160 e. The van der Waals surface area contributed by atoms with E-state index in [-0.39, 0.29) is 12.8 Å². The Morgan fingerprint density at radius 1 is 1.83 bits per heavy atom. The fraction of sp³-hybridized carbons (Fsp3) is 1.00. The number of rotatable bonds is 3. The number of aliphatic hydroxyl groups excluding tert-OH is 1. The molecule has 1 rings (SSSR count). The van der Waals surface area contributed by atoms with Gasteiger partial charge in [-0.3, -0.25) is 0 Å². The summed E-state index contributed by atoms with van der Waals surface area (Å²) in [6.07, 6.45) is -0.965. The van der Waals surface area contributed by atoms with Gasteiger partial charge in [0.05, 0.1) is 18.8 Å². The Kier molecular flexibility index (Phi) is 3.31. The molecule has 1 saturated heterocycles. The van der Waals surface area contributed by atoms with Crippen LogP contribution in [0.1, 0.15) is 6.42 Å². The molecular formula is C6H11N3O3. The van der Waals surface area contributed by atoms with E-state index in [0.29, 0.717) is 6.42 Å². The highest BCUT2D eigenvalue weighted by atomic mass is 16.7. The van der Waals surface area contributed by atoms with Crippen molar-refractivity contribution in [3.05, 3.63) is 10.4 Å². The van der Waals surface area contributed by atoms with Crippen molar-refractivity contribution in [2.75, 3.05) is 13.7 Å². The van der Waals surface area contributed by atoms with Crippen LogP contribution in [-0.2, 0) is 9.47 Å². The van der Waals surface area contributed by atoms with Gasteiger partial charge in [0.1, 0.15) is 0 Å². The van der Waals surface area contributed by atoms with Gasteiger partial charge in [-0.05, 0) is 5.53 Å². The number of ether oxygens (including phenoxy) is 2. The van der Waals surface area contributed by atoms with Crippen molar-refractivity contribution in [1.82, 2.24) is 0 Å². The number of aliphatic hydroxyl groups is 1. The number of hydrogen-bond donors (Lipinski definition) is 1. The summed E-state index contributed by atoms with van der Waals surface area (Å²) < 4.78 is 10.1. The van der Waals surface area contributed by atoms with Crippen LogP contribution in [0.5, 0.6) is 0 Å². The zero-order valence-corrected chi connectivity index (χ0v) is 6.75. The summed E-state index contributed by atoms with van der Waals surface area (Å²) in [5, 5.41) is 12.6. The first kappa shape index (κ1) is 9.28. The van der Waals surface area contributed by atoms with Gasteiger partial charge < -0.3 is 14.6 Å². The Bertz CT molecular complexity index is 192. The summed E-state index contributed by atoms with van der Waals surface area (Å²) in [5.74, 6) is 0. The molecule has 0 aromatic carbocycles. The lowest BCUT2D eigenvalue weighted by Crippen LogP contribution is -2.23. The highest BCUT2D eigenvalue weighted by Gasteiger charge is 2.33. The third kappa shape index (κ3) is 2.09. The van der Waals surface area contributed by atoms with Crippen LogP contribution in [0.2, 0.25) is 0 Å². The minimum atomic E-state index is -0.597. The minimum Gasteiger partial charge on any atom is -0.390 e. The predicted octanol–water partition coefficient (Wildman–Crippen LogP) is 0.419. The van der Waals surface area contributed by atoms with Crippen LogP contribution in [-0.4, -0.2) is 37.3 Å². The average Bonchev–Trinajstić information content (AvgIpc) is 2.43. The standard InChI is InChI=1S/C6H11N3O3/c1-11-6-2-4(10)5(12-6)3-8-9-7/h4-6,10H,2-3H2,1H3/t4-,5+,6?/m0/s1. The molecule has 0 radical (unpaired) electrons. The van der Waals surface area contributed by atoms with Crippen LogP contribution in [0.3, 0.4) is 0 Å². The summed E-state index contributed by atoms with van der Waals surface area (Å²) >= 11 is 0. The van der Waals surface area contributed by atoms with Crippen LogP contribution in [0.15, 0.2) is 5.11 Å². The molecule has 1 aliphatic rings. The molecule has 1 aliphatic heterocycles. The van der Waals surface area contributed by atoms with Crippen molar-refractivity contribution in [1.29, 1.82) is 0 Å². The number of methoxy groups -OCH3 is 1. The van der Waals surface area contributed by atoms with E-state index in [1.165, 1.54) is 7.11 Å². The highest BCUT2D eigenvalue weighted by Crippen LogP contribution is 2.20. The monoisotopic (exact) mass is 173 g/mol. The third-order valence-electron chi connectivity index (χ3n) is 1.78. The van der Waals surface area contributed by atoms with Gasteiger partial charge in [0.25, 0.3) is 0 Å². The van der Waals surface area contributed by atoms with E-state index < -0.39 is 12.2 Å². The van der Waals surface area contributed by atoms with Gasteiger partial charge >= 0.3 is 0 Å². The van der Waals surface area contributed by atoms with E-state index in [1.54, 1.807) is 0 Å². The van der Waals surface area contributed by atoms with E-state index in [2.05, 4.69) is 10.0 Å². The SMILES string of the molecule is COC1C[C@H](O)[C@@H](CN=[N+]=[N-])O1. The Hall–Kier alpha value is -0.810. The van der Waals surface area contributed by atoms with Crippen LogP contribution in [0.4, 0.5) is 0 Å². The van der Waals surface area contributed by atoms with Gasteiger partial charge in [-0.25, -0.2) is 0 Å². The Morgan fingerprint density at radius 3 is 3.08 bits per heavy atom. The molecule has 68 valence electrons. The van der Waals surface area contributed by atoms with Crippen molar-refractivity contribution >= 4 is 0 Å². The maximum absolute atomic E-state index is 9.33. The van der Waals surface area contributed by atoms with Gasteiger partial charge in [-0.2, -0.15) is 0 Å². The fourth-order valence-electron chi connectivity index (χ4n) is 1.12. The molecule has 6 nitrogen and oxygen atoms in total. The summed E-state index contributed by atoms with van der Waals surface area (Å²) in [7, 11) is 1.51. The summed E-state index contributed by atoms with van der Waals surface area (Å²) in [6.45, 7) is 0.150. The van der Waals surface area contributed by atoms with E-state index >= 15 is 0 Å². The lowest BCUT2D eigenvalue weighted by Gasteiger charge is -2.10. The molecule has 1 N–H and O–H groups in total. The first-order valence-corrected chi connectivity index (χ1v) is 3.65. The molecule has 0 spiro atoms. The van der Waals surface area contributed by atoms with E-state index in [1.807, 2.05) is 0 Å². The molecule has 1 unspecified atom stereocenters. The zero-order valence-electron chi connectivity index (χ0n) is 6.75. The molecule has 6 heteroatoms. The molecule has 0 amide bonds. The van der Waals surface area contributed by atoms with Crippen LogP contribution in [0.25, 0.3) is 10.4 Å².